The number of pyridine rings is 1. The molecule has 0 fully saturated rings. The van der Waals surface area contributed by atoms with E-state index in [0.717, 1.165) is 30.0 Å². The third kappa shape index (κ3) is 6.63. The molecule has 0 unspecified atom stereocenters. The van der Waals surface area contributed by atoms with Crippen molar-refractivity contribution in [3.63, 3.8) is 0 Å². The number of thiol groups is 1. The molecule has 1 heterocycles. The standard InChI is InChI=1S/C20H24N2O2S/c1-24-19-11-8-17(9-12-19)7-10-18-5-2-3-14-22(18)15-4-6-20(23)21-13-16-25/h2-3,5,7-12,14H,4,6,13,15-16H2,1H3,(H-,21,23,25)/p+1/b10-7+. The quantitative estimate of drug-likeness (QED) is 0.535. The normalized spacial score (nSPS) is 10.8. The molecular weight excluding hydrogens is 332 g/mol. The van der Waals surface area contributed by atoms with Crippen molar-refractivity contribution in [3.8, 4) is 5.75 Å². The Labute approximate surface area is 154 Å². The van der Waals surface area contributed by atoms with Crippen LogP contribution in [0, 0.1) is 0 Å². The molecule has 0 spiro atoms. The second-order valence-electron chi connectivity index (χ2n) is 5.60. The molecule has 0 aliphatic heterocycles. The first-order chi connectivity index (χ1) is 12.2. The summed E-state index contributed by atoms with van der Waals surface area (Å²) in [5, 5.41) is 2.84. The molecule has 0 atom stereocenters. The van der Waals surface area contributed by atoms with Crippen LogP contribution in [0.1, 0.15) is 24.1 Å². The minimum atomic E-state index is 0.0842. The Morgan fingerprint density at radius 1 is 1.20 bits per heavy atom. The first-order valence-corrected chi connectivity index (χ1v) is 9.04. The summed E-state index contributed by atoms with van der Waals surface area (Å²) in [4.78, 5) is 11.7. The summed E-state index contributed by atoms with van der Waals surface area (Å²) < 4.78 is 7.33. The number of methoxy groups -OCH3 is 1. The molecule has 25 heavy (non-hydrogen) atoms. The lowest BCUT2D eigenvalue weighted by Gasteiger charge is -2.03. The number of ether oxygens (including phenoxy) is 1. The lowest BCUT2D eigenvalue weighted by atomic mass is 10.2. The van der Waals surface area contributed by atoms with Crippen LogP contribution in [0.3, 0.4) is 0 Å². The van der Waals surface area contributed by atoms with Gasteiger partial charge in [0.25, 0.3) is 0 Å². The monoisotopic (exact) mass is 357 g/mol. The van der Waals surface area contributed by atoms with Gasteiger partial charge in [0.2, 0.25) is 11.6 Å². The van der Waals surface area contributed by atoms with E-state index in [2.05, 4.69) is 40.7 Å². The maximum atomic E-state index is 11.7. The van der Waals surface area contributed by atoms with Crippen molar-refractivity contribution >= 4 is 30.7 Å². The number of amides is 1. The average molecular weight is 357 g/mol. The number of rotatable bonds is 9. The van der Waals surface area contributed by atoms with Crippen molar-refractivity contribution in [1.82, 2.24) is 5.32 Å². The molecular formula is C20H25N2O2S+. The van der Waals surface area contributed by atoms with Gasteiger partial charge in [-0.1, -0.05) is 12.1 Å². The number of carbonyl (C=O) groups is 1. The molecule has 5 heteroatoms. The van der Waals surface area contributed by atoms with Crippen LogP contribution in [-0.2, 0) is 11.3 Å². The molecule has 0 aliphatic rings. The number of hydrogen-bond donors (Lipinski definition) is 2. The number of hydrogen-bond acceptors (Lipinski definition) is 3. The van der Waals surface area contributed by atoms with Crippen molar-refractivity contribution in [1.29, 1.82) is 0 Å². The minimum Gasteiger partial charge on any atom is -0.497 e. The second-order valence-corrected chi connectivity index (χ2v) is 6.05. The van der Waals surface area contributed by atoms with E-state index >= 15 is 0 Å². The largest absolute Gasteiger partial charge is 0.497 e. The highest BCUT2D eigenvalue weighted by Gasteiger charge is 2.08. The summed E-state index contributed by atoms with van der Waals surface area (Å²) in [5.74, 6) is 1.60. The van der Waals surface area contributed by atoms with Gasteiger partial charge in [0, 0.05) is 43.3 Å². The van der Waals surface area contributed by atoms with Gasteiger partial charge in [0.1, 0.15) is 12.3 Å². The van der Waals surface area contributed by atoms with Gasteiger partial charge in [0.15, 0.2) is 6.20 Å². The Morgan fingerprint density at radius 3 is 2.72 bits per heavy atom. The first-order valence-electron chi connectivity index (χ1n) is 8.41. The summed E-state index contributed by atoms with van der Waals surface area (Å²) in [6.45, 7) is 1.42. The predicted molar refractivity (Wildman–Crippen MR) is 105 cm³/mol. The number of nitrogens with one attached hydrogen (secondary N) is 1. The van der Waals surface area contributed by atoms with Gasteiger partial charge >= 0.3 is 0 Å². The van der Waals surface area contributed by atoms with E-state index in [4.69, 9.17) is 4.74 Å². The van der Waals surface area contributed by atoms with Crippen molar-refractivity contribution in [2.45, 2.75) is 19.4 Å². The van der Waals surface area contributed by atoms with Crippen LogP contribution < -0.4 is 14.6 Å². The van der Waals surface area contributed by atoms with Gasteiger partial charge < -0.3 is 10.1 Å². The van der Waals surface area contributed by atoms with E-state index in [-0.39, 0.29) is 5.91 Å². The molecule has 1 N–H and O–H groups in total. The van der Waals surface area contributed by atoms with E-state index in [1.807, 2.05) is 42.6 Å². The zero-order valence-corrected chi connectivity index (χ0v) is 15.4. The van der Waals surface area contributed by atoms with Crippen LogP contribution >= 0.6 is 12.6 Å². The molecule has 2 rings (SSSR count). The number of aryl methyl sites for hydroxylation is 1. The van der Waals surface area contributed by atoms with Crippen LogP contribution in [0.2, 0.25) is 0 Å². The van der Waals surface area contributed by atoms with E-state index < -0.39 is 0 Å². The van der Waals surface area contributed by atoms with Crippen LogP contribution in [0.25, 0.3) is 12.2 Å². The van der Waals surface area contributed by atoms with E-state index in [1.54, 1.807) is 7.11 Å². The number of aromatic nitrogens is 1. The molecule has 0 aliphatic carbocycles. The van der Waals surface area contributed by atoms with Gasteiger partial charge in [-0.2, -0.15) is 17.2 Å². The van der Waals surface area contributed by atoms with Gasteiger partial charge in [-0.3, -0.25) is 4.79 Å². The molecule has 0 saturated heterocycles. The molecule has 0 radical (unpaired) electrons. The maximum Gasteiger partial charge on any atom is 0.220 e. The molecule has 1 amide bonds. The Kier molecular flexibility index (Phi) is 8.05. The van der Waals surface area contributed by atoms with Crippen molar-refractivity contribution in [2.75, 3.05) is 19.4 Å². The third-order valence-corrected chi connectivity index (χ3v) is 4.00. The van der Waals surface area contributed by atoms with Gasteiger partial charge in [-0.05, 0) is 29.8 Å². The second kappa shape index (κ2) is 10.6. The number of nitrogens with zero attached hydrogens (tertiary/aromatic N) is 1. The zero-order chi connectivity index (χ0) is 17.9. The fraction of sp³-hybridized carbons (Fsp3) is 0.300. The lowest BCUT2D eigenvalue weighted by Crippen LogP contribution is -2.37. The summed E-state index contributed by atoms with van der Waals surface area (Å²) in [6, 6.07) is 14.0. The number of benzene rings is 1. The van der Waals surface area contributed by atoms with Crippen LogP contribution in [0.4, 0.5) is 0 Å². The molecule has 1 aromatic carbocycles. The van der Waals surface area contributed by atoms with Crippen molar-refractivity contribution in [2.24, 2.45) is 0 Å². The smallest absolute Gasteiger partial charge is 0.220 e. The highest BCUT2D eigenvalue weighted by atomic mass is 32.1. The molecule has 4 nitrogen and oxygen atoms in total. The first kappa shape index (κ1) is 19.1. The Bertz CT molecular complexity index is 699. The van der Waals surface area contributed by atoms with Gasteiger partial charge in [-0.25, -0.2) is 0 Å². The summed E-state index contributed by atoms with van der Waals surface area (Å²) in [7, 11) is 1.66. The lowest BCUT2D eigenvalue weighted by molar-refractivity contribution is -0.698. The molecule has 132 valence electrons. The maximum absolute atomic E-state index is 11.7. The van der Waals surface area contributed by atoms with E-state index in [0.29, 0.717) is 18.7 Å². The average Bonchev–Trinajstić information content (AvgIpc) is 2.66. The highest BCUT2D eigenvalue weighted by Crippen LogP contribution is 2.13. The SMILES string of the molecule is COc1ccc(/C=C/c2cccc[n+]2CCCC(=O)NCCS)cc1. The van der Waals surface area contributed by atoms with Crippen LogP contribution in [-0.4, -0.2) is 25.3 Å². The van der Waals surface area contributed by atoms with Crippen LogP contribution in [0.5, 0.6) is 5.75 Å². The summed E-state index contributed by atoms with van der Waals surface area (Å²) >= 11 is 4.09. The summed E-state index contributed by atoms with van der Waals surface area (Å²) in [6.07, 6.45) is 7.53. The molecule has 0 bridgehead atoms. The third-order valence-electron chi connectivity index (χ3n) is 3.77. The number of carbonyl (C=O) groups excluding carboxylic acids is 1. The van der Waals surface area contributed by atoms with Crippen LogP contribution in [0.15, 0.2) is 48.7 Å². The molecule has 0 saturated carbocycles. The van der Waals surface area contributed by atoms with Gasteiger partial charge in [0.05, 0.1) is 7.11 Å². The van der Waals surface area contributed by atoms with Crippen molar-refractivity contribution in [3.05, 3.63) is 59.9 Å². The van der Waals surface area contributed by atoms with Gasteiger partial charge in [-0.15, -0.1) is 0 Å². The zero-order valence-electron chi connectivity index (χ0n) is 14.5. The fourth-order valence-electron chi connectivity index (χ4n) is 2.43. The highest BCUT2D eigenvalue weighted by molar-refractivity contribution is 7.80. The Balaban J connectivity index is 1.95. The fourth-order valence-corrected chi connectivity index (χ4v) is 2.55. The Hall–Kier alpha value is -2.27. The molecule has 1 aromatic heterocycles. The van der Waals surface area contributed by atoms with Crippen molar-refractivity contribution < 1.29 is 14.1 Å². The van der Waals surface area contributed by atoms with E-state index in [9.17, 15) is 4.79 Å². The predicted octanol–water partition coefficient (Wildman–Crippen LogP) is 2.98. The van der Waals surface area contributed by atoms with E-state index in [1.165, 1.54) is 0 Å². The topological polar surface area (TPSA) is 42.2 Å². The summed E-state index contributed by atoms with van der Waals surface area (Å²) in [5.41, 5.74) is 2.22. The minimum absolute atomic E-state index is 0.0842. The molecule has 2 aromatic rings. The Morgan fingerprint density at radius 2 is 2.00 bits per heavy atom.